The van der Waals surface area contributed by atoms with Gasteiger partial charge in [0, 0.05) is 22.5 Å². The van der Waals surface area contributed by atoms with Crippen LogP contribution in [0.1, 0.15) is 23.3 Å². The lowest BCUT2D eigenvalue weighted by Crippen LogP contribution is -2.48. The minimum Gasteiger partial charge on any atom is -0.351 e. The van der Waals surface area contributed by atoms with Gasteiger partial charge in [0.05, 0.1) is 0 Å². The molecule has 0 spiro atoms. The van der Waals surface area contributed by atoms with E-state index in [0.29, 0.717) is 29.9 Å². The zero-order valence-corrected chi connectivity index (χ0v) is 13.7. The van der Waals surface area contributed by atoms with Crippen LogP contribution in [0.2, 0.25) is 5.02 Å². The molecule has 3 rings (SSSR count). The number of amides is 2. The molecule has 2 amide bonds. The van der Waals surface area contributed by atoms with E-state index < -0.39 is 30.6 Å². The second-order valence-corrected chi connectivity index (χ2v) is 6.34. The van der Waals surface area contributed by atoms with Crippen molar-refractivity contribution in [2.24, 2.45) is 0 Å². The quantitative estimate of drug-likeness (QED) is 0.868. The molecule has 134 valence electrons. The third kappa shape index (κ3) is 3.89. The molecule has 0 saturated carbocycles. The Kier molecular flexibility index (Phi) is 4.64. The Morgan fingerprint density at radius 3 is 2.80 bits per heavy atom. The Hall–Kier alpha value is -2.22. The predicted octanol–water partition coefficient (Wildman–Crippen LogP) is 3.10. The fourth-order valence-corrected chi connectivity index (χ4v) is 3.14. The van der Waals surface area contributed by atoms with Gasteiger partial charge in [-0.05, 0) is 37.1 Å². The molecule has 1 saturated heterocycles. The van der Waals surface area contributed by atoms with Crippen LogP contribution in [0, 0.1) is 0 Å². The number of hydrogen-bond donors (Lipinski definition) is 2. The largest absolute Gasteiger partial charge is 0.405 e. The molecule has 0 unspecified atom stereocenters. The summed E-state index contributed by atoms with van der Waals surface area (Å²) >= 11 is 5.92. The first-order chi connectivity index (χ1) is 11.7. The minimum absolute atomic E-state index is 0.271. The molecule has 2 heterocycles. The van der Waals surface area contributed by atoms with Gasteiger partial charge in [0.2, 0.25) is 5.91 Å². The lowest BCUT2D eigenvalue weighted by Gasteiger charge is -2.23. The molecule has 1 aromatic carbocycles. The Morgan fingerprint density at radius 1 is 1.32 bits per heavy atom. The van der Waals surface area contributed by atoms with Gasteiger partial charge in [-0.15, -0.1) is 0 Å². The average Bonchev–Trinajstić information content (AvgIpc) is 3.17. The number of alkyl halides is 3. The summed E-state index contributed by atoms with van der Waals surface area (Å²) in [5, 5.41) is 3.12. The van der Waals surface area contributed by atoms with Gasteiger partial charge in [-0.3, -0.25) is 9.59 Å². The highest BCUT2D eigenvalue weighted by molar-refractivity contribution is 6.31. The van der Waals surface area contributed by atoms with E-state index in [2.05, 4.69) is 4.98 Å². The van der Waals surface area contributed by atoms with E-state index >= 15 is 0 Å². The Labute approximate surface area is 146 Å². The van der Waals surface area contributed by atoms with Crippen LogP contribution in [-0.4, -0.2) is 47.0 Å². The van der Waals surface area contributed by atoms with Crippen LogP contribution in [0.25, 0.3) is 10.9 Å². The van der Waals surface area contributed by atoms with Crippen LogP contribution < -0.4 is 5.32 Å². The van der Waals surface area contributed by atoms with Gasteiger partial charge in [-0.25, -0.2) is 0 Å². The van der Waals surface area contributed by atoms with Crippen molar-refractivity contribution >= 4 is 34.3 Å². The van der Waals surface area contributed by atoms with Crippen LogP contribution in [0.5, 0.6) is 0 Å². The van der Waals surface area contributed by atoms with Gasteiger partial charge >= 0.3 is 6.18 Å². The Morgan fingerprint density at radius 2 is 2.08 bits per heavy atom. The van der Waals surface area contributed by atoms with Crippen molar-refractivity contribution < 1.29 is 22.8 Å². The molecule has 2 aromatic rings. The smallest absolute Gasteiger partial charge is 0.351 e. The standard InChI is InChI=1S/C16H15ClF3N3O2/c17-10-3-4-11-9(6-10)7-12(22-11)15(25)23-5-1-2-13(23)14(24)21-8-16(18,19)20/h3-4,6-7,13,22H,1-2,5,8H2,(H,21,24)/t13-/m0/s1. The molecule has 2 N–H and O–H groups in total. The first kappa shape index (κ1) is 17.6. The summed E-state index contributed by atoms with van der Waals surface area (Å²) in [6.07, 6.45) is -3.59. The van der Waals surface area contributed by atoms with E-state index in [0.717, 1.165) is 5.39 Å². The van der Waals surface area contributed by atoms with Gasteiger partial charge in [0.25, 0.3) is 5.91 Å². The van der Waals surface area contributed by atoms with Crippen molar-refractivity contribution in [1.82, 2.24) is 15.2 Å². The molecular formula is C16H15ClF3N3O2. The topological polar surface area (TPSA) is 65.2 Å². The lowest BCUT2D eigenvalue weighted by molar-refractivity contribution is -0.140. The summed E-state index contributed by atoms with van der Waals surface area (Å²) in [6, 6.07) is 5.82. The minimum atomic E-state index is -4.49. The normalized spacial score (nSPS) is 17.9. The monoisotopic (exact) mass is 373 g/mol. The van der Waals surface area contributed by atoms with E-state index in [-0.39, 0.29) is 5.69 Å². The third-order valence-electron chi connectivity index (χ3n) is 4.09. The number of rotatable bonds is 3. The summed E-state index contributed by atoms with van der Waals surface area (Å²) in [4.78, 5) is 29.0. The molecule has 1 aliphatic rings. The summed E-state index contributed by atoms with van der Waals surface area (Å²) in [5.41, 5.74) is 0.984. The number of halogens is 4. The van der Waals surface area contributed by atoms with Crippen LogP contribution in [0.4, 0.5) is 13.2 Å². The second kappa shape index (κ2) is 6.59. The van der Waals surface area contributed by atoms with E-state index in [1.54, 1.807) is 24.3 Å². The van der Waals surface area contributed by atoms with Crippen LogP contribution in [-0.2, 0) is 4.79 Å². The van der Waals surface area contributed by atoms with Crippen LogP contribution in [0.3, 0.4) is 0 Å². The maximum absolute atomic E-state index is 12.7. The zero-order valence-electron chi connectivity index (χ0n) is 13.0. The van der Waals surface area contributed by atoms with E-state index in [1.165, 1.54) is 4.90 Å². The molecule has 1 fully saturated rings. The molecule has 5 nitrogen and oxygen atoms in total. The molecule has 25 heavy (non-hydrogen) atoms. The number of likely N-dealkylation sites (tertiary alicyclic amines) is 1. The number of H-pyrrole nitrogens is 1. The highest BCUT2D eigenvalue weighted by Crippen LogP contribution is 2.24. The lowest BCUT2D eigenvalue weighted by atomic mass is 10.2. The molecule has 0 aliphatic carbocycles. The number of benzene rings is 1. The van der Waals surface area contributed by atoms with Crippen LogP contribution in [0.15, 0.2) is 24.3 Å². The van der Waals surface area contributed by atoms with E-state index in [4.69, 9.17) is 11.6 Å². The van der Waals surface area contributed by atoms with Gasteiger partial charge in [-0.1, -0.05) is 11.6 Å². The van der Waals surface area contributed by atoms with Crippen molar-refractivity contribution in [1.29, 1.82) is 0 Å². The number of aromatic amines is 1. The molecule has 0 radical (unpaired) electrons. The fraction of sp³-hybridized carbons (Fsp3) is 0.375. The highest BCUT2D eigenvalue weighted by atomic mass is 35.5. The molecule has 0 bridgehead atoms. The average molecular weight is 374 g/mol. The Bertz CT molecular complexity index is 819. The first-order valence-corrected chi connectivity index (χ1v) is 8.06. The van der Waals surface area contributed by atoms with Crippen molar-refractivity contribution in [3.8, 4) is 0 Å². The van der Waals surface area contributed by atoms with Crippen molar-refractivity contribution in [3.63, 3.8) is 0 Å². The number of carbonyl (C=O) groups excluding carboxylic acids is 2. The van der Waals surface area contributed by atoms with Gasteiger partial charge in [0.1, 0.15) is 18.3 Å². The summed E-state index contributed by atoms with van der Waals surface area (Å²) in [7, 11) is 0. The van der Waals surface area contributed by atoms with Crippen molar-refractivity contribution in [3.05, 3.63) is 35.0 Å². The summed E-state index contributed by atoms with van der Waals surface area (Å²) in [6.45, 7) is -1.09. The number of nitrogens with one attached hydrogen (secondary N) is 2. The maximum Gasteiger partial charge on any atom is 0.405 e. The van der Waals surface area contributed by atoms with Gasteiger partial charge in [0.15, 0.2) is 0 Å². The summed E-state index contributed by atoms with van der Waals surface area (Å²) in [5.74, 6) is -1.21. The molecule has 1 aliphatic heterocycles. The van der Waals surface area contributed by atoms with Gasteiger partial charge < -0.3 is 15.2 Å². The van der Waals surface area contributed by atoms with E-state index in [9.17, 15) is 22.8 Å². The molecular weight excluding hydrogens is 359 g/mol. The van der Waals surface area contributed by atoms with Gasteiger partial charge in [-0.2, -0.15) is 13.2 Å². The number of fused-ring (bicyclic) bond motifs is 1. The SMILES string of the molecule is O=C(NCC(F)(F)F)[C@@H]1CCCN1C(=O)c1cc2cc(Cl)ccc2[nH]1. The number of nitrogens with zero attached hydrogens (tertiary/aromatic N) is 1. The third-order valence-corrected chi connectivity index (χ3v) is 4.33. The maximum atomic E-state index is 12.7. The van der Waals surface area contributed by atoms with E-state index in [1.807, 2.05) is 5.32 Å². The Balaban J connectivity index is 1.76. The fourth-order valence-electron chi connectivity index (χ4n) is 2.96. The second-order valence-electron chi connectivity index (χ2n) is 5.90. The molecule has 9 heteroatoms. The van der Waals surface area contributed by atoms with Crippen molar-refractivity contribution in [2.45, 2.75) is 25.1 Å². The van der Waals surface area contributed by atoms with Crippen LogP contribution >= 0.6 is 11.6 Å². The highest BCUT2D eigenvalue weighted by Gasteiger charge is 2.37. The number of carbonyl (C=O) groups is 2. The predicted molar refractivity (Wildman–Crippen MR) is 86.4 cm³/mol. The molecule has 1 aromatic heterocycles. The van der Waals surface area contributed by atoms with Crippen molar-refractivity contribution in [2.75, 3.05) is 13.1 Å². The zero-order chi connectivity index (χ0) is 18.2. The number of aromatic nitrogens is 1. The summed E-state index contributed by atoms with van der Waals surface area (Å²) < 4.78 is 36.8. The molecule has 1 atom stereocenters. The number of hydrogen-bond acceptors (Lipinski definition) is 2. The first-order valence-electron chi connectivity index (χ1n) is 7.68.